The van der Waals surface area contributed by atoms with Gasteiger partial charge >= 0.3 is 5.97 Å². The molecule has 2 aromatic carbocycles. The Kier molecular flexibility index (Phi) is 8.05. The van der Waals surface area contributed by atoms with E-state index in [0.717, 1.165) is 35.1 Å². The SMILES string of the molecule is CCCCOC(=O)c1ccc(-c2ccc(C=C(C#N)C(=O)Nc3c(C)cc(C)cc3C)o2)cc1. The van der Waals surface area contributed by atoms with Crippen molar-refractivity contribution in [2.75, 3.05) is 11.9 Å². The van der Waals surface area contributed by atoms with Crippen molar-refractivity contribution in [2.45, 2.75) is 40.5 Å². The highest BCUT2D eigenvalue weighted by Gasteiger charge is 2.14. The molecule has 0 spiro atoms. The first-order valence-corrected chi connectivity index (χ1v) is 11.2. The van der Waals surface area contributed by atoms with Gasteiger partial charge in [-0.1, -0.05) is 43.2 Å². The Morgan fingerprint density at radius 3 is 2.35 bits per heavy atom. The number of ether oxygens (including phenoxy) is 1. The minimum Gasteiger partial charge on any atom is -0.462 e. The largest absolute Gasteiger partial charge is 0.462 e. The summed E-state index contributed by atoms with van der Waals surface area (Å²) in [5, 5.41) is 12.4. The molecular formula is C28H28N2O4. The van der Waals surface area contributed by atoms with Crippen LogP contribution in [-0.4, -0.2) is 18.5 Å². The van der Waals surface area contributed by atoms with Crippen LogP contribution in [0.3, 0.4) is 0 Å². The molecule has 0 unspecified atom stereocenters. The van der Waals surface area contributed by atoms with Crippen molar-refractivity contribution in [3.8, 4) is 17.4 Å². The second-order valence-electron chi connectivity index (χ2n) is 8.17. The van der Waals surface area contributed by atoms with E-state index in [4.69, 9.17) is 9.15 Å². The molecule has 6 nitrogen and oxygen atoms in total. The van der Waals surface area contributed by atoms with Crippen molar-refractivity contribution < 1.29 is 18.7 Å². The zero-order valence-corrected chi connectivity index (χ0v) is 19.9. The van der Waals surface area contributed by atoms with Gasteiger partial charge in [-0.3, -0.25) is 4.79 Å². The van der Waals surface area contributed by atoms with Crippen LogP contribution in [0, 0.1) is 32.1 Å². The number of amides is 1. The van der Waals surface area contributed by atoms with Crippen LogP contribution in [0.25, 0.3) is 17.4 Å². The molecule has 0 fully saturated rings. The Morgan fingerprint density at radius 1 is 1.06 bits per heavy atom. The quantitative estimate of drug-likeness (QED) is 0.184. The van der Waals surface area contributed by atoms with Gasteiger partial charge in [0.1, 0.15) is 23.2 Å². The molecule has 0 aliphatic heterocycles. The molecule has 0 saturated heterocycles. The summed E-state index contributed by atoms with van der Waals surface area (Å²) < 4.78 is 11.0. The fourth-order valence-electron chi connectivity index (χ4n) is 3.60. The Morgan fingerprint density at radius 2 is 1.74 bits per heavy atom. The summed E-state index contributed by atoms with van der Waals surface area (Å²) in [5.74, 6) is 0.0791. The molecule has 0 radical (unpaired) electrons. The second kappa shape index (κ2) is 11.2. The summed E-state index contributed by atoms with van der Waals surface area (Å²) in [4.78, 5) is 24.8. The molecule has 0 atom stereocenters. The molecule has 3 rings (SSSR count). The Labute approximate surface area is 199 Å². The van der Waals surface area contributed by atoms with E-state index >= 15 is 0 Å². The van der Waals surface area contributed by atoms with Gasteiger partial charge in [-0.05, 0) is 62.6 Å². The van der Waals surface area contributed by atoms with Crippen LogP contribution in [0.4, 0.5) is 5.69 Å². The van der Waals surface area contributed by atoms with Crippen molar-refractivity contribution in [3.63, 3.8) is 0 Å². The summed E-state index contributed by atoms with van der Waals surface area (Å²) in [6.07, 6.45) is 3.21. The van der Waals surface area contributed by atoms with Gasteiger partial charge in [0, 0.05) is 17.3 Å². The minimum atomic E-state index is -0.499. The van der Waals surface area contributed by atoms with E-state index in [1.54, 1.807) is 36.4 Å². The standard InChI is InChI=1S/C28H28N2O4/c1-5-6-13-33-28(32)22-9-7-21(8-10-22)25-12-11-24(34-25)16-23(17-29)27(31)30-26-19(3)14-18(2)15-20(26)4/h7-12,14-16H,5-6,13H2,1-4H3,(H,30,31). The lowest BCUT2D eigenvalue weighted by atomic mass is 10.0. The number of hydrogen-bond acceptors (Lipinski definition) is 5. The molecule has 3 aromatic rings. The minimum absolute atomic E-state index is 0.0644. The lowest BCUT2D eigenvalue weighted by Gasteiger charge is -2.12. The normalized spacial score (nSPS) is 11.1. The molecule has 1 aromatic heterocycles. The maximum atomic E-state index is 12.7. The lowest BCUT2D eigenvalue weighted by molar-refractivity contribution is -0.112. The summed E-state index contributed by atoms with van der Waals surface area (Å²) in [7, 11) is 0. The first kappa shape index (κ1) is 24.5. The van der Waals surface area contributed by atoms with E-state index in [-0.39, 0.29) is 11.5 Å². The number of aryl methyl sites for hydroxylation is 3. The van der Waals surface area contributed by atoms with Gasteiger partial charge in [-0.15, -0.1) is 0 Å². The van der Waals surface area contributed by atoms with Gasteiger partial charge in [0.25, 0.3) is 5.91 Å². The Balaban J connectivity index is 1.73. The maximum Gasteiger partial charge on any atom is 0.338 e. The van der Waals surface area contributed by atoms with Crippen LogP contribution in [0.1, 0.15) is 52.6 Å². The number of rotatable bonds is 8. The van der Waals surface area contributed by atoms with Crippen molar-refractivity contribution >= 4 is 23.6 Å². The highest BCUT2D eigenvalue weighted by Crippen LogP contribution is 2.25. The van der Waals surface area contributed by atoms with E-state index in [1.165, 1.54) is 6.08 Å². The fourth-order valence-corrected chi connectivity index (χ4v) is 3.60. The van der Waals surface area contributed by atoms with Crippen LogP contribution in [-0.2, 0) is 9.53 Å². The van der Waals surface area contributed by atoms with Crippen molar-refractivity contribution in [1.82, 2.24) is 0 Å². The first-order chi connectivity index (χ1) is 16.3. The zero-order valence-electron chi connectivity index (χ0n) is 19.9. The molecule has 174 valence electrons. The third-order valence-electron chi connectivity index (χ3n) is 5.33. The number of esters is 1. The Hall–Kier alpha value is -4.11. The van der Waals surface area contributed by atoms with Gasteiger partial charge in [0.05, 0.1) is 12.2 Å². The summed E-state index contributed by atoms with van der Waals surface area (Å²) in [5.41, 5.74) is 4.83. The van der Waals surface area contributed by atoms with E-state index in [1.807, 2.05) is 45.9 Å². The average Bonchev–Trinajstić information content (AvgIpc) is 3.28. The number of benzene rings is 2. The summed E-state index contributed by atoms with van der Waals surface area (Å²) >= 11 is 0. The third-order valence-corrected chi connectivity index (χ3v) is 5.33. The monoisotopic (exact) mass is 456 g/mol. The molecule has 1 amide bonds. The highest BCUT2D eigenvalue weighted by molar-refractivity contribution is 6.10. The maximum absolute atomic E-state index is 12.7. The number of anilines is 1. The van der Waals surface area contributed by atoms with Gasteiger partial charge in [0.2, 0.25) is 0 Å². The molecule has 6 heteroatoms. The first-order valence-electron chi connectivity index (χ1n) is 11.2. The van der Waals surface area contributed by atoms with Crippen LogP contribution in [0.2, 0.25) is 0 Å². The third kappa shape index (κ3) is 6.02. The van der Waals surface area contributed by atoms with Gasteiger partial charge in [0.15, 0.2) is 0 Å². The molecule has 0 saturated carbocycles. The van der Waals surface area contributed by atoms with Crippen LogP contribution >= 0.6 is 0 Å². The number of unbranched alkanes of at least 4 members (excludes halogenated alkanes) is 1. The van der Waals surface area contributed by atoms with Crippen molar-refractivity contribution in [1.29, 1.82) is 5.26 Å². The summed E-state index contributed by atoms with van der Waals surface area (Å²) in [6.45, 7) is 8.27. The predicted octanol–water partition coefficient (Wildman–Crippen LogP) is 6.37. The summed E-state index contributed by atoms with van der Waals surface area (Å²) in [6, 6.07) is 16.2. The molecule has 1 N–H and O–H groups in total. The number of nitrogens with zero attached hydrogens (tertiary/aromatic N) is 1. The van der Waals surface area contributed by atoms with Crippen LogP contribution in [0.15, 0.2) is 58.5 Å². The molecule has 0 bridgehead atoms. The van der Waals surface area contributed by atoms with E-state index in [9.17, 15) is 14.9 Å². The second-order valence-corrected chi connectivity index (χ2v) is 8.17. The number of hydrogen-bond donors (Lipinski definition) is 1. The average molecular weight is 457 g/mol. The molecule has 34 heavy (non-hydrogen) atoms. The number of carbonyl (C=O) groups is 2. The van der Waals surface area contributed by atoms with Crippen LogP contribution < -0.4 is 5.32 Å². The molecule has 0 aliphatic rings. The Bertz CT molecular complexity index is 1240. The lowest BCUT2D eigenvalue weighted by Crippen LogP contribution is -2.15. The van der Waals surface area contributed by atoms with Crippen molar-refractivity contribution in [2.24, 2.45) is 0 Å². The van der Waals surface area contributed by atoms with E-state index in [0.29, 0.717) is 29.4 Å². The van der Waals surface area contributed by atoms with Crippen molar-refractivity contribution in [3.05, 3.63) is 82.1 Å². The van der Waals surface area contributed by atoms with Gasteiger partial charge in [-0.2, -0.15) is 5.26 Å². The van der Waals surface area contributed by atoms with Gasteiger partial charge < -0.3 is 14.5 Å². The number of nitriles is 1. The number of nitrogens with one attached hydrogen (secondary N) is 1. The topological polar surface area (TPSA) is 92.3 Å². The predicted molar refractivity (Wildman–Crippen MR) is 132 cm³/mol. The molecule has 0 aliphatic carbocycles. The molecular weight excluding hydrogens is 428 g/mol. The smallest absolute Gasteiger partial charge is 0.338 e. The van der Waals surface area contributed by atoms with E-state index < -0.39 is 5.91 Å². The highest BCUT2D eigenvalue weighted by atomic mass is 16.5. The molecule has 1 heterocycles. The zero-order chi connectivity index (χ0) is 24.7. The number of carbonyl (C=O) groups excluding carboxylic acids is 2. The van der Waals surface area contributed by atoms with Crippen LogP contribution in [0.5, 0.6) is 0 Å². The number of furan rings is 1. The van der Waals surface area contributed by atoms with Gasteiger partial charge in [-0.25, -0.2) is 4.79 Å². The van der Waals surface area contributed by atoms with E-state index in [2.05, 4.69) is 5.32 Å². The fraction of sp³-hybridized carbons (Fsp3) is 0.250.